The second kappa shape index (κ2) is 11.9. The topological polar surface area (TPSA) is 82.3 Å². The van der Waals surface area contributed by atoms with E-state index in [9.17, 15) is 9.59 Å². The SMILES string of the molecule is O=C(NC#CC(NC(=O)NC1CCCCC1)C1CCCCC1)NC1CCCCC1. The molecule has 0 aromatic carbocycles. The molecule has 1 unspecified atom stereocenters. The minimum atomic E-state index is -0.224. The van der Waals surface area contributed by atoms with Crippen molar-refractivity contribution in [3.8, 4) is 12.0 Å². The van der Waals surface area contributed by atoms with Gasteiger partial charge in [0.15, 0.2) is 0 Å². The van der Waals surface area contributed by atoms with Crippen LogP contribution in [0.5, 0.6) is 0 Å². The van der Waals surface area contributed by atoms with Gasteiger partial charge >= 0.3 is 12.1 Å². The molecule has 3 aliphatic rings. The molecule has 4 amide bonds. The van der Waals surface area contributed by atoms with Crippen LogP contribution >= 0.6 is 0 Å². The van der Waals surface area contributed by atoms with Crippen molar-refractivity contribution >= 4 is 12.1 Å². The monoisotopic (exact) mass is 402 g/mol. The molecule has 6 nitrogen and oxygen atoms in total. The Morgan fingerprint density at radius 3 is 1.69 bits per heavy atom. The number of urea groups is 2. The Morgan fingerprint density at radius 2 is 1.14 bits per heavy atom. The first-order valence-corrected chi connectivity index (χ1v) is 11.8. The van der Waals surface area contributed by atoms with E-state index in [1.807, 2.05) is 0 Å². The van der Waals surface area contributed by atoms with E-state index < -0.39 is 0 Å². The Balaban J connectivity index is 1.50. The maximum atomic E-state index is 12.5. The van der Waals surface area contributed by atoms with Gasteiger partial charge in [0.2, 0.25) is 0 Å². The summed E-state index contributed by atoms with van der Waals surface area (Å²) in [5.41, 5.74) is 0. The second-order valence-electron chi connectivity index (χ2n) is 9.03. The first-order chi connectivity index (χ1) is 14.2. The summed E-state index contributed by atoms with van der Waals surface area (Å²) >= 11 is 0. The summed E-state index contributed by atoms with van der Waals surface area (Å²) in [4.78, 5) is 24.7. The van der Waals surface area contributed by atoms with Crippen LogP contribution in [-0.4, -0.2) is 30.2 Å². The van der Waals surface area contributed by atoms with Crippen LogP contribution in [0.15, 0.2) is 0 Å². The molecule has 0 aromatic heterocycles. The molecule has 1 atom stereocenters. The number of carbonyl (C=O) groups excluding carboxylic acids is 2. The highest BCUT2D eigenvalue weighted by molar-refractivity contribution is 5.76. The van der Waals surface area contributed by atoms with Gasteiger partial charge in [-0.15, -0.1) is 0 Å². The molecule has 3 saturated carbocycles. The standard InChI is InChI=1S/C23H38N4O2/c28-22(25-19-12-6-2-7-13-19)24-17-16-21(18-10-4-1-5-11-18)27-23(29)26-20-14-8-3-9-15-20/h18-21H,1-15H2,(H2,24,25,28)(H2,26,27,29). The minimum absolute atomic E-state index is 0.117. The summed E-state index contributed by atoms with van der Waals surface area (Å²) in [7, 11) is 0. The molecular weight excluding hydrogens is 364 g/mol. The largest absolute Gasteiger partial charge is 0.335 e. The number of amides is 4. The van der Waals surface area contributed by atoms with Gasteiger partial charge in [0.05, 0.1) is 6.04 Å². The predicted molar refractivity (Wildman–Crippen MR) is 115 cm³/mol. The van der Waals surface area contributed by atoms with Gasteiger partial charge < -0.3 is 16.0 Å². The zero-order valence-electron chi connectivity index (χ0n) is 17.7. The van der Waals surface area contributed by atoms with Gasteiger partial charge in [0, 0.05) is 18.1 Å². The lowest BCUT2D eigenvalue weighted by Gasteiger charge is -2.29. The molecule has 3 aliphatic carbocycles. The van der Waals surface area contributed by atoms with Crippen LogP contribution in [0.2, 0.25) is 0 Å². The smallest absolute Gasteiger partial charge is 0.326 e. The summed E-state index contributed by atoms with van der Waals surface area (Å²) in [5.74, 6) is 3.49. The van der Waals surface area contributed by atoms with Crippen molar-refractivity contribution in [1.82, 2.24) is 21.3 Å². The van der Waals surface area contributed by atoms with Crippen molar-refractivity contribution in [2.24, 2.45) is 5.92 Å². The number of carbonyl (C=O) groups is 2. The van der Waals surface area contributed by atoms with Crippen LogP contribution < -0.4 is 21.3 Å². The van der Waals surface area contributed by atoms with Gasteiger partial charge in [-0.2, -0.15) is 0 Å². The fourth-order valence-corrected chi connectivity index (χ4v) is 4.99. The second-order valence-corrected chi connectivity index (χ2v) is 9.03. The first kappa shape index (κ1) is 21.8. The molecule has 3 rings (SSSR count). The van der Waals surface area contributed by atoms with Crippen LogP contribution in [0.1, 0.15) is 96.3 Å². The summed E-state index contributed by atoms with van der Waals surface area (Å²) in [5, 5.41) is 11.9. The number of nitrogens with one attached hydrogen (secondary N) is 4. The van der Waals surface area contributed by atoms with Crippen molar-refractivity contribution in [3.05, 3.63) is 0 Å². The Hall–Kier alpha value is -1.90. The van der Waals surface area contributed by atoms with E-state index in [1.54, 1.807) is 0 Å². The molecule has 3 fully saturated rings. The maximum absolute atomic E-state index is 12.5. The predicted octanol–water partition coefficient (Wildman–Crippen LogP) is 4.16. The molecule has 0 spiro atoms. The van der Waals surface area contributed by atoms with E-state index in [1.165, 1.54) is 57.8 Å². The molecular formula is C23H38N4O2. The van der Waals surface area contributed by atoms with Crippen molar-refractivity contribution < 1.29 is 9.59 Å². The van der Waals surface area contributed by atoms with Gasteiger partial charge in [0.25, 0.3) is 0 Å². The molecule has 0 aliphatic heterocycles. The highest BCUT2D eigenvalue weighted by Gasteiger charge is 2.25. The van der Waals surface area contributed by atoms with E-state index in [-0.39, 0.29) is 30.2 Å². The zero-order valence-corrected chi connectivity index (χ0v) is 17.7. The third-order valence-electron chi connectivity index (χ3n) is 6.69. The maximum Gasteiger partial charge on any atom is 0.326 e. The van der Waals surface area contributed by atoms with Crippen molar-refractivity contribution in [1.29, 1.82) is 0 Å². The average molecular weight is 403 g/mol. The number of rotatable bonds is 4. The molecule has 0 aromatic rings. The van der Waals surface area contributed by atoms with Crippen molar-refractivity contribution in [3.63, 3.8) is 0 Å². The summed E-state index contributed by atoms with van der Waals surface area (Å²) in [6.07, 6.45) is 17.3. The average Bonchev–Trinajstić information content (AvgIpc) is 2.75. The number of hydrogen-bond acceptors (Lipinski definition) is 2. The van der Waals surface area contributed by atoms with E-state index in [0.29, 0.717) is 5.92 Å². The summed E-state index contributed by atoms with van der Waals surface area (Å²) in [6.45, 7) is 0. The highest BCUT2D eigenvalue weighted by atomic mass is 16.2. The quantitative estimate of drug-likeness (QED) is 0.421. The van der Waals surface area contributed by atoms with E-state index in [2.05, 4.69) is 33.2 Å². The van der Waals surface area contributed by atoms with Crippen LogP contribution in [0.4, 0.5) is 9.59 Å². The lowest BCUT2D eigenvalue weighted by molar-refractivity contribution is 0.223. The number of hydrogen-bond donors (Lipinski definition) is 4. The van der Waals surface area contributed by atoms with Crippen LogP contribution in [0.25, 0.3) is 0 Å². The third kappa shape index (κ3) is 7.79. The minimum Gasteiger partial charge on any atom is -0.335 e. The highest BCUT2D eigenvalue weighted by Crippen LogP contribution is 2.26. The molecule has 29 heavy (non-hydrogen) atoms. The Labute approximate surface area is 175 Å². The molecule has 4 N–H and O–H groups in total. The van der Waals surface area contributed by atoms with E-state index in [0.717, 1.165) is 38.5 Å². The van der Waals surface area contributed by atoms with Gasteiger partial charge in [-0.05, 0) is 44.4 Å². The van der Waals surface area contributed by atoms with Gasteiger partial charge in [-0.1, -0.05) is 63.7 Å². The Bertz CT molecular complexity index is 579. The molecule has 162 valence electrons. The lowest BCUT2D eigenvalue weighted by Crippen LogP contribution is -2.49. The normalized spacial score (nSPS) is 22.6. The van der Waals surface area contributed by atoms with E-state index in [4.69, 9.17) is 0 Å². The molecule has 6 heteroatoms. The fraction of sp³-hybridized carbons (Fsp3) is 0.826. The molecule has 0 radical (unpaired) electrons. The Morgan fingerprint density at radius 1 is 0.655 bits per heavy atom. The molecule has 0 bridgehead atoms. The van der Waals surface area contributed by atoms with Crippen LogP contribution in [-0.2, 0) is 0 Å². The van der Waals surface area contributed by atoms with Crippen molar-refractivity contribution in [2.75, 3.05) is 0 Å². The fourth-order valence-electron chi connectivity index (χ4n) is 4.99. The first-order valence-electron chi connectivity index (χ1n) is 11.8. The van der Waals surface area contributed by atoms with E-state index >= 15 is 0 Å². The molecule has 0 heterocycles. The van der Waals surface area contributed by atoms with Gasteiger partial charge in [-0.25, -0.2) is 9.59 Å². The van der Waals surface area contributed by atoms with Gasteiger partial charge in [0.1, 0.15) is 0 Å². The van der Waals surface area contributed by atoms with Crippen LogP contribution in [0.3, 0.4) is 0 Å². The summed E-state index contributed by atoms with van der Waals surface area (Å²) < 4.78 is 0. The third-order valence-corrected chi connectivity index (χ3v) is 6.69. The zero-order chi connectivity index (χ0) is 20.3. The van der Waals surface area contributed by atoms with Crippen LogP contribution in [0, 0.1) is 17.9 Å². The summed E-state index contributed by atoms with van der Waals surface area (Å²) in [6, 6.07) is 2.82. The van der Waals surface area contributed by atoms with Crippen molar-refractivity contribution in [2.45, 2.75) is 114 Å². The Kier molecular flexibility index (Phi) is 8.98. The lowest BCUT2D eigenvalue weighted by atomic mass is 9.84. The van der Waals surface area contributed by atoms with Gasteiger partial charge in [-0.3, -0.25) is 5.32 Å². The molecule has 0 saturated heterocycles.